The van der Waals surface area contributed by atoms with Crippen LogP contribution in [0, 0.1) is 5.92 Å². The van der Waals surface area contributed by atoms with Crippen LogP contribution < -0.4 is 0 Å². The first-order valence-electron chi connectivity index (χ1n) is 8.41. The van der Waals surface area contributed by atoms with Gasteiger partial charge < -0.3 is 5.11 Å². The maximum Gasteiger partial charge on any atom is 0.337 e. The molecule has 0 spiro atoms. The summed E-state index contributed by atoms with van der Waals surface area (Å²) in [5, 5.41) is 9.05. The molecule has 1 fully saturated rings. The summed E-state index contributed by atoms with van der Waals surface area (Å²) in [4.78, 5) is 19.5. The smallest absolute Gasteiger partial charge is 0.337 e. The maximum absolute atomic E-state index is 11.6. The number of piperidine rings is 1. The highest BCUT2D eigenvalue weighted by Gasteiger charge is 2.25. The van der Waals surface area contributed by atoms with Crippen LogP contribution in [-0.2, 0) is 16.4 Å². The van der Waals surface area contributed by atoms with Gasteiger partial charge in [0.1, 0.15) is 0 Å². The van der Waals surface area contributed by atoms with Gasteiger partial charge in [0.05, 0.1) is 11.8 Å². The van der Waals surface area contributed by atoms with Gasteiger partial charge in [0.15, 0.2) is 0 Å². The standard InChI is InChI=1S/C18H21N3O4S/c1-26(24,25)21-6-4-13(5-7-21)8-17-3-2-14(12-20-17)15-9-16(18(22)23)11-19-10-15/h2-3,9-13H,4-8H2,1H3,(H,22,23). The molecule has 8 heteroatoms. The molecular formula is C18H21N3O4S. The fraction of sp³-hybridized carbons (Fsp3) is 0.389. The number of nitrogens with zero attached hydrogens (tertiary/aromatic N) is 3. The fourth-order valence-corrected chi connectivity index (χ4v) is 4.05. The molecule has 0 saturated carbocycles. The number of rotatable bonds is 5. The van der Waals surface area contributed by atoms with Crippen molar-refractivity contribution in [2.75, 3.05) is 19.3 Å². The number of aromatic nitrogens is 2. The van der Waals surface area contributed by atoms with Gasteiger partial charge >= 0.3 is 5.97 Å². The first-order chi connectivity index (χ1) is 12.3. The van der Waals surface area contributed by atoms with E-state index >= 15 is 0 Å². The summed E-state index contributed by atoms with van der Waals surface area (Å²) < 4.78 is 24.7. The highest BCUT2D eigenvalue weighted by atomic mass is 32.2. The van der Waals surface area contributed by atoms with Crippen molar-refractivity contribution in [2.45, 2.75) is 19.3 Å². The Labute approximate surface area is 152 Å². The molecule has 1 N–H and O–H groups in total. The molecule has 2 aromatic rings. The van der Waals surface area contributed by atoms with Gasteiger partial charge in [-0.1, -0.05) is 6.07 Å². The van der Waals surface area contributed by atoms with Crippen LogP contribution in [-0.4, -0.2) is 53.1 Å². The van der Waals surface area contributed by atoms with E-state index < -0.39 is 16.0 Å². The van der Waals surface area contributed by atoms with E-state index in [0.717, 1.165) is 30.5 Å². The van der Waals surface area contributed by atoms with Crippen LogP contribution in [0.2, 0.25) is 0 Å². The van der Waals surface area contributed by atoms with E-state index in [1.54, 1.807) is 18.5 Å². The molecule has 138 valence electrons. The number of carboxylic acids is 1. The molecular weight excluding hydrogens is 354 g/mol. The SMILES string of the molecule is CS(=O)(=O)N1CCC(Cc2ccc(-c3cncc(C(=O)O)c3)cn2)CC1. The van der Waals surface area contributed by atoms with Crippen LogP contribution in [0.4, 0.5) is 0 Å². The van der Waals surface area contributed by atoms with E-state index in [0.29, 0.717) is 24.6 Å². The number of aromatic carboxylic acids is 1. The number of carbonyl (C=O) groups is 1. The van der Waals surface area contributed by atoms with Crippen molar-refractivity contribution in [1.82, 2.24) is 14.3 Å². The van der Waals surface area contributed by atoms with Gasteiger partial charge in [0.2, 0.25) is 10.0 Å². The maximum atomic E-state index is 11.6. The second-order valence-electron chi connectivity index (χ2n) is 6.62. The number of carboxylic acid groups (broad SMARTS) is 1. The molecule has 3 heterocycles. The lowest BCUT2D eigenvalue weighted by Gasteiger charge is -2.30. The summed E-state index contributed by atoms with van der Waals surface area (Å²) in [6.07, 6.45) is 8.39. The van der Waals surface area contributed by atoms with Crippen LogP contribution in [0.5, 0.6) is 0 Å². The minimum atomic E-state index is -3.10. The summed E-state index contributed by atoms with van der Waals surface area (Å²) in [5.41, 5.74) is 2.62. The largest absolute Gasteiger partial charge is 0.478 e. The first kappa shape index (κ1) is 18.5. The average molecular weight is 375 g/mol. The third-order valence-corrected chi connectivity index (χ3v) is 5.99. The van der Waals surface area contributed by atoms with Gasteiger partial charge in [0, 0.05) is 48.5 Å². The summed E-state index contributed by atoms with van der Waals surface area (Å²) in [6.45, 7) is 1.13. The second-order valence-corrected chi connectivity index (χ2v) is 8.60. The predicted octanol–water partition coefficient (Wildman–Crippen LogP) is 2.06. The van der Waals surface area contributed by atoms with Crippen molar-refractivity contribution < 1.29 is 18.3 Å². The third kappa shape index (κ3) is 4.44. The molecule has 1 aliphatic heterocycles. The monoisotopic (exact) mass is 375 g/mol. The lowest BCUT2D eigenvalue weighted by atomic mass is 9.93. The minimum absolute atomic E-state index is 0.143. The van der Waals surface area contributed by atoms with E-state index in [1.165, 1.54) is 16.8 Å². The van der Waals surface area contributed by atoms with E-state index in [1.807, 2.05) is 12.1 Å². The molecule has 7 nitrogen and oxygen atoms in total. The van der Waals surface area contributed by atoms with Crippen molar-refractivity contribution in [2.24, 2.45) is 5.92 Å². The number of sulfonamides is 1. The highest BCUT2D eigenvalue weighted by molar-refractivity contribution is 7.88. The Morgan fingerprint density at radius 2 is 1.92 bits per heavy atom. The molecule has 0 bridgehead atoms. The Bertz CT molecular complexity index is 889. The van der Waals surface area contributed by atoms with Gasteiger partial charge in [-0.3, -0.25) is 9.97 Å². The molecule has 3 rings (SSSR count). The number of hydrogen-bond donors (Lipinski definition) is 1. The van der Waals surface area contributed by atoms with Gasteiger partial charge in [-0.15, -0.1) is 0 Å². The van der Waals surface area contributed by atoms with Crippen LogP contribution in [0.1, 0.15) is 28.9 Å². The van der Waals surface area contributed by atoms with Crippen LogP contribution in [0.25, 0.3) is 11.1 Å². The zero-order chi connectivity index (χ0) is 18.7. The van der Waals surface area contributed by atoms with E-state index in [9.17, 15) is 13.2 Å². The van der Waals surface area contributed by atoms with Crippen LogP contribution in [0.3, 0.4) is 0 Å². The van der Waals surface area contributed by atoms with E-state index in [2.05, 4.69) is 9.97 Å². The van der Waals surface area contributed by atoms with Crippen LogP contribution in [0.15, 0.2) is 36.8 Å². The minimum Gasteiger partial charge on any atom is -0.478 e. The average Bonchev–Trinajstić information content (AvgIpc) is 2.62. The molecule has 26 heavy (non-hydrogen) atoms. The van der Waals surface area contributed by atoms with Crippen LogP contribution >= 0.6 is 0 Å². The molecule has 0 amide bonds. The van der Waals surface area contributed by atoms with Crippen molar-refractivity contribution in [3.05, 3.63) is 48.0 Å². The number of pyridine rings is 2. The summed E-state index contributed by atoms with van der Waals surface area (Å²) in [7, 11) is -3.10. The molecule has 0 atom stereocenters. The molecule has 1 aliphatic rings. The van der Waals surface area contributed by atoms with Gasteiger partial charge in [-0.25, -0.2) is 17.5 Å². The summed E-state index contributed by atoms with van der Waals surface area (Å²) >= 11 is 0. The van der Waals surface area contributed by atoms with Gasteiger partial charge in [-0.2, -0.15) is 0 Å². The molecule has 0 aliphatic carbocycles. The zero-order valence-corrected chi connectivity index (χ0v) is 15.3. The Morgan fingerprint density at radius 1 is 1.19 bits per heavy atom. The molecule has 0 radical (unpaired) electrons. The third-order valence-electron chi connectivity index (χ3n) is 4.68. The van der Waals surface area contributed by atoms with E-state index in [-0.39, 0.29) is 5.56 Å². The fourth-order valence-electron chi connectivity index (χ4n) is 3.17. The Hall–Kier alpha value is -2.32. The highest BCUT2D eigenvalue weighted by Crippen LogP contribution is 2.24. The first-order valence-corrected chi connectivity index (χ1v) is 10.3. The Balaban J connectivity index is 1.64. The lowest BCUT2D eigenvalue weighted by Crippen LogP contribution is -2.38. The number of hydrogen-bond acceptors (Lipinski definition) is 5. The molecule has 0 aromatic carbocycles. The van der Waals surface area contributed by atoms with E-state index in [4.69, 9.17) is 5.11 Å². The van der Waals surface area contributed by atoms with Crippen molar-refractivity contribution >= 4 is 16.0 Å². The quantitative estimate of drug-likeness (QED) is 0.858. The topological polar surface area (TPSA) is 100 Å². The van der Waals surface area contributed by atoms with Gasteiger partial charge in [-0.05, 0) is 37.3 Å². The Morgan fingerprint density at radius 3 is 2.50 bits per heavy atom. The lowest BCUT2D eigenvalue weighted by molar-refractivity contribution is 0.0696. The molecule has 2 aromatic heterocycles. The summed E-state index contributed by atoms with van der Waals surface area (Å²) in [6, 6.07) is 5.43. The molecule has 1 saturated heterocycles. The van der Waals surface area contributed by atoms with Crippen molar-refractivity contribution in [3.8, 4) is 11.1 Å². The molecule has 0 unspecified atom stereocenters. The second kappa shape index (κ2) is 7.51. The van der Waals surface area contributed by atoms with Gasteiger partial charge in [0.25, 0.3) is 0 Å². The van der Waals surface area contributed by atoms with Crippen molar-refractivity contribution in [3.63, 3.8) is 0 Å². The Kier molecular flexibility index (Phi) is 5.33. The summed E-state index contributed by atoms with van der Waals surface area (Å²) in [5.74, 6) is -0.590. The predicted molar refractivity (Wildman–Crippen MR) is 97.3 cm³/mol. The zero-order valence-electron chi connectivity index (χ0n) is 14.5. The van der Waals surface area contributed by atoms with Crippen molar-refractivity contribution in [1.29, 1.82) is 0 Å². The normalized spacial score (nSPS) is 16.5.